The molecule has 0 spiro atoms. The second kappa shape index (κ2) is 24.6. The Balaban J connectivity index is 0.00000924. The number of rotatable bonds is 24. The van der Waals surface area contributed by atoms with Gasteiger partial charge in [-0.25, -0.2) is 14.3 Å². The van der Waals surface area contributed by atoms with Crippen LogP contribution < -0.4 is 17.0 Å². The molecule has 43 heavy (non-hydrogen) atoms. The number of carbonyl (C=O) groups excluding carboxylic acids is 2. The Morgan fingerprint density at radius 2 is 1.44 bits per heavy atom. The van der Waals surface area contributed by atoms with Gasteiger partial charge in [0.25, 0.3) is 0 Å². The van der Waals surface area contributed by atoms with Crippen molar-refractivity contribution in [2.75, 3.05) is 26.4 Å². The van der Waals surface area contributed by atoms with Gasteiger partial charge in [0.2, 0.25) is 11.6 Å². The number of hydrogen-bond donors (Lipinski definition) is 0. The average Bonchev–Trinajstić information content (AvgIpc) is 3.47. The van der Waals surface area contributed by atoms with Gasteiger partial charge in [-0.1, -0.05) is 109 Å². The van der Waals surface area contributed by atoms with Crippen molar-refractivity contribution in [3.05, 3.63) is 30.1 Å². The molecule has 1 unspecified atom stereocenters. The maximum atomic E-state index is 12.9. The van der Waals surface area contributed by atoms with Crippen LogP contribution in [0.5, 0.6) is 0 Å². The van der Waals surface area contributed by atoms with Gasteiger partial charge in [0.05, 0.1) is 6.61 Å². The summed E-state index contributed by atoms with van der Waals surface area (Å²) >= 11 is 0. The lowest BCUT2D eigenvalue weighted by Crippen LogP contribution is -3.00. The summed E-state index contributed by atoms with van der Waals surface area (Å²) in [4.78, 5) is 26.3. The fourth-order valence-corrected chi connectivity index (χ4v) is 5.74. The predicted molar refractivity (Wildman–Crippen MR) is 168 cm³/mol. The van der Waals surface area contributed by atoms with Gasteiger partial charge in [-0.15, -0.1) is 0 Å². The van der Waals surface area contributed by atoms with Crippen molar-refractivity contribution < 1.29 is 40.8 Å². The van der Waals surface area contributed by atoms with E-state index in [1.807, 2.05) is 35.9 Å². The third-order valence-corrected chi connectivity index (χ3v) is 8.45. The molecular weight excluding hydrogens is 564 g/mol. The summed E-state index contributed by atoms with van der Waals surface area (Å²) in [6.07, 6.45) is 24.6. The highest BCUT2D eigenvalue weighted by molar-refractivity contribution is 5.90. The number of unbranched alkanes of at least 4 members (excludes halogenated alkanes) is 15. The van der Waals surface area contributed by atoms with Crippen LogP contribution in [0.1, 0.15) is 142 Å². The fourth-order valence-electron chi connectivity index (χ4n) is 5.74. The minimum absolute atomic E-state index is 0. The van der Waals surface area contributed by atoms with Gasteiger partial charge in [-0.05, 0) is 26.2 Å². The summed E-state index contributed by atoms with van der Waals surface area (Å²) in [5.74, 6) is -0.340. The van der Waals surface area contributed by atoms with E-state index in [0.29, 0.717) is 19.8 Å². The molecule has 1 aliphatic heterocycles. The lowest BCUT2D eigenvalue weighted by molar-refractivity contribution is -0.701. The molecule has 1 fully saturated rings. The van der Waals surface area contributed by atoms with Gasteiger partial charge >= 0.3 is 6.09 Å². The number of pyridine rings is 1. The minimum Gasteiger partial charge on any atom is -1.00 e. The number of imide groups is 1. The zero-order chi connectivity index (χ0) is 30.3. The van der Waals surface area contributed by atoms with Gasteiger partial charge in [0, 0.05) is 32.3 Å². The van der Waals surface area contributed by atoms with E-state index in [2.05, 4.69) is 6.92 Å². The monoisotopic (exact) mass is 624 g/mol. The van der Waals surface area contributed by atoms with Crippen LogP contribution >= 0.6 is 0 Å². The number of hydrogen-bond acceptors (Lipinski definition) is 5. The average molecular weight is 625 g/mol. The van der Waals surface area contributed by atoms with Gasteiger partial charge in [0.1, 0.15) is 25.3 Å². The molecule has 2 amide bonds. The Hall–Kier alpha value is -1.70. The molecule has 0 bridgehead atoms. The number of aromatic nitrogens is 1. The molecule has 248 valence electrons. The Morgan fingerprint density at radius 1 is 0.860 bits per heavy atom. The molecule has 0 radical (unpaired) electrons. The lowest BCUT2D eigenvalue weighted by Gasteiger charge is -2.28. The maximum absolute atomic E-state index is 12.9. The molecule has 0 N–H and O–H groups in total. The van der Waals surface area contributed by atoms with Gasteiger partial charge < -0.3 is 26.6 Å². The highest BCUT2D eigenvalue weighted by atomic mass is 35.5. The molecule has 2 heterocycles. The third-order valence-electron chi connectivity index (χ3n) is 8.45. The van der Waals surface area contributed by atoms with E-state index in [4.69, 9.17) is 14.2 Å². The molecule has 1 saturated heterocycles. The molecule has 0 saturated carbocycles. The number of amides is 2. The van der Waals surface area contributed by atoms with E-state index in [1.165, 1.54) is 103 Å². The zero-order valence-electron chi connectivity index (χ0n) is 27.6. The second-order valence-corrected chi connectivity index (χ2v) is 12.1. The van der Waals surface area contributed by atoms with Crippen LogP contribution in [0.3, 0.4) is 0 Å². The fraction of sp³-hybridized carbons (Fsp3) is 0.800. The standard InChI is InChI=1S/C35H61N2O5.ClH/c1-4-6-7-8-9-10-11-12-13-14-15-16-17-18-19-22-27-40-30-35(25-23-28-42-35)31-41-34(39)37(32(3)38)29-33-24-20-21-26-36(33)5-2;/h20-21,24,26H,4-19,22-23,25,27-31H2,1-3H3;1H/q+1;/p-1. The second-order valence-electron chi connectivity index (χ2n) is 12.1. The van der Waals surface area contributed by atoms with Crippen molar-refractivity contribution >= 4 is 12.0 Å². The largest absolute Gasteiger partial charge is 1.00 e. The summed E-state index contributed by atoms with van der Waals surface area (Å²) in [5.41, 5.74) is 0.254. The molecule has 1 aromatic heterocycles. The predicted octanol–water partition coefficient (Wildman–Crippen LogP) is 5.31. The quantitative estimate of drug-likeness (QED) is 0.115. The number of halogens is 1. The normalized spacial score (nSPS) is 16.2. The first-order valence-electron chi connectivity index (χ1n) is 17.1. The van der Waals surface area contributed by atoms with Gasteiger partial charge in [0.15, 0.2) is 6.20 Å². The van der Waals surface area contributed by atoms with E-state index >= 15 is 0 Å². The molecule has 1 aromatic rings. The summed E-state index contributed by atoms with van der Waals surface area (Å²) in [6, 6.07) is 5.76. The highest BCUT2D eigenvalue weighted by Gasteiger charge is 2.38. The van der Waals surface area contributed by atoms with Crippen LogP contribution in [0.4, 0.5) is 4.79 Å². The summed E-state index contributed by atoms with van der Waals surface area (Å²) < 4.78 is 19.7. The SMILES string of the molecule is CCCCCCCCCCCCCCCCCCOCC1(COC(=O)N(Cc2cccc[n+]2CC)C(C)=O)CCCO1.[Cl-]. The van der Waals surface area contributed by atoms with Crippen LogP contribution in [0.15, 0.2) is 24.4 Å². The lowest BCUT2D eigenvalue weighted by atomic mass is 10.0. The van der Waals surface area contributed by atoms with E-state index < -0.39 is 11.7 Å². The van der Waals surface area contributed by atoms with Crippen molar-refractivity contribution in [1.29, 1.82) is 0 Å². The molecule has 8 heteroatoms. The van der Waals surface area contributed by atoms with Crippen LogP contribution in [-0.2, 0) is 32.1 Å². The number of carbonyl (C=O) groups is 2. The van der Waals surface area contributed by atoms with Crippen molar-refractivity contribution in [3.63, 3.8) is 0 Å². The molecule has 7 nitrogen and oxygen atoms in total. The third kappa shape index (κ3) is 16.8. The Bertz CT molecular complexity index is 862. The molecular formula is C35H61ClN2O5. The highest BCUT2D eigenvalue weighted by Crippen LogP contribution is 2.27. The minimum atomic E-state index is -0.637. The van der Waals surface area contributed by atoms with Gasteiger partial charge in [-0.2, -0.15) is 0 Å². The number of nitrogens with zero attached hydrogens (tertiary/aromatic N) is 2. The Kier molecular flexibility index (Phi) is 22.5. The van der Waals surface area contributed by atoms with E-state index in [1.54, 1.807) is 0 Å². The number of ether oxygens (including phenoxy) is 3. The first kappa shape index (κ1) is 39.3. The van der Waals surface area contributed by atoms with Gasteiger partial charge in [-0.3, -0.25) is 4.79 Å². The molecule has 0 aromatic carbocycles. The zero-order valence-corrected chi connectivity index (χ0v) is 28.3. The van der Waals surface area contributed by atoms with Crippen LogP contribution in [-0.4, -0.2) is 48.9 Å². The van der Waals surface area contributed by atoms with Crippen LogP contribution in [0.25, 0.3) is 0 Å². The van der Waals surface area contributed by atoms with Crippen LogP contribution in [0.2, 0.25) is 0 Å². The summed E-state index contributed by atoms with van der Waals surface area (Å²) in [5, 5.41) is 0. The van der Waals surface area contributed by atoms with Crippen LogP contribution in [0, 0.1) is 0 Å². The van der Waals surface area contributed by atoms with Crippen molar-refractivity contribution in [1.82, 2.24) is 4.90 Å². The van der Waals surface area contributed by atoms with Crippen molar-refractivity contribution in [3.8, 4) is 0 Å². The van der Waals surface area contributed by atoms with E-state index in [-0.39, 0.29) is 31.5 Å². The Morgan fingerprint density at radius 3 is 1.95 bits per heavy atom. The van der Waals surface area contributed by atoms with E-state index in [0.717, 1.165) is 36.4 Å². The molecule has 1 atom stereocenters. The smallest absolute Gasteiger partial charge is 0.417 e. The molecule has 2 rings (SSSR count). The first-order chi connectivity index (χ1) is 20.5. The summed E-state index contributed by atoms with van der Waals surface area (Å²) in [6.45, 7) is 8.47. The molecule has 1 aliphatic rings. The van der Waals surface area contributed by atoms with E-state index in [9.17, 15) is 9.59 Å². The Labute approximate surface area is 268 Å². The first-order valence-corrected chi connectivity index (χ1v) is 17.1. The number of aryl methyl sites for hydroxylation is 1. The van der Waals surface area contributed by atoms with Crippen molar-refractivity contribution in [2.24, 2.45) is 0 Å². The van der Waals surface area contributed by atoms with Crippen molar-refractivity contribution in [2.45, 2.75) is 155 Å². The maximum Gasteiger partial charge on any atom is 0.417 e. The topological polar surface area (TPSA) is 69.0 Å². The molecule has 0 aliphatic carbocycles. The summed E-state index contributed by atoms with van der Waals surface area (Å²) in [7, 11) is 0.